The molecule has 0 fully saturated rings. The van der Waals surface area contributed by atoms with Gasteiger partial charge in [0.25, 0.3) is 0 Å². The maximum Gasteiger partial charge on any atom is 0.187 e. The number of hydrazine groups is 1. The average Bonchev–Trinajstić information content (AvgIpc) is 2.52. The summed E-state index contributed by atoms with van der Waals surface area (Å²) < 4.78 is 1.96. The maximum atomic E-state index is 5.28. The van der Waals surface area contributed by atoms with Crippen LogP contribution in [0.5, 0.6) is 0 Å². The van der Waals surface area contributed by atoms with Gasteiger partial charge in [-0.05, 0) is 19.0 Å². The summed E-state index contributed by atoms with van der Waals surface area (Å²) >= 11 is 0. The van der Waals surface area contributed by atoms with E-state index in [1.165, 1.54) is 0 Å². The van der Waals surface area contributed by atoms with Gasteiger partial charge in [0.2, 0.25) is 0 Å². The fraction of sp³-hybridized carbons (Fsp3) is 0.500. The quantitative estimate of drug-likeness (QED) is 0.194. The molecule has 7 nitrogen and oxygen atoms in total. The van der Waals surface area contributed by atoms with E-state index in [4.69, 9.17) is 11.7 Å². The van der Waals surface area contributed by atoms with Gasteiger partial charge >= 0.3 is 0 Å². The van der Waals surface area contributed by atoms with E-state index in [-0.39, 0.29) is 0 Å². The molecule has 0 bridgehead atoms. The van der Waals surface area contributed by atoms with Crippen molar-refractivity contribution in [2.45, 2.75) is 19.5 Å². The van der Waals surface area contributed by atoms with Crippen molar-refractivity contribution in [2.75, 3.05) is 6.54 Å². The number of aryl methyl sites for hydroxylation is 1. The van der Waals surface area contributed by atoms with Crippen molar-refractivity contribution in [2.24, 2.45) is 16.8 Å². The van der Waals surface area contributed by atoms with Gasteiger partial charge < -0.3 is 16.6 Å². The molecule has 0 aliphatic carbocycles. The molecule has 1 aromatic rings. The van der Waals surface area contributed by atoms with Gasteiger partial charge in [-0.25, -0.2) is 5.84 Å². The minimum Gasteiger partial charge on any atom is -0.321 e. The standard InChI is InChI=1S/C8H15N7/c9-12-8(13-10)7-4-6-5-11-2-1-3-15(6)14-7/h4,11H,1-3,5,9-10H2,(H,12,13). The Hall–Kier alpha value is -1.60. The monoisotopic (exact) mass is 209 g/mol. The Bertz CT molecular complexity index is 344. The van der Waals surface area contributed by atoms with E-state index >= 15 is 0 Å². The van der Waals surface area contributed by atoms with Gasteiger partial charge in [0.1, 0.15) is 5.69 Å². The van der Waals surface area contributed by atoms with Crippen molar-refractivity contribution in [3.63, 3.8) is 0 Å². The number of nitrogens with two attached hydrogens (primary N) is 2. The molecule has 0 spiro atoms. The highest BCUT2D eigenvalue weighted by Crippen LogP contribution is 2.08. The van der Waals surface area contributed by atoms with Crippen molar-refractivity contribution in [3.8, 4) is 0 Å². The van der Waals surface area contributed by atoms with Crippen LogP contribution in [0.25, 0.3) is 0 Å². The molecule has 7 heteroatoms. The number of nitrogens with zero attached hydrogens (tertiary/aromatic N) is 3. The summed E-state index contributed by atoms with van der Waals surface area (Å²) in [4.78, 5) is 0. The first-order valence-electron chi connectivity index (χ1n) is 4.87. The second kappa shape index (κ2) is 4.28. The number of rotatable bonds is 1. The minimum absolute atomic E-state index is 0.399. The molecule has 0 amide bonds. The third-order valence-electron chi connectivity index (χ3n) is 2.40. The lowest BCUT2D eigenvalue weighted by Gasteiger charge is -2.00. The number of nitrogens with one attached hydrogen (secondary N) is 2. The third kappa shape index (κ3) is 1.92. The van der Waals surface area contributed by atoms with Crippen LogP contribution >= 0.6 is 0 Å². The summed E-state index contributed by atoms with van der Waals surface area (Å²) in [5.74, 6) is 10.9. The van der Waals surface area contributed by atoms with Crippen LogP contribution in [0.2, 0.25) is 0 Å². The lowest BCUT2D eigenvalue weighted by Crippen LogP contribution is -2.32. The second-order valence-corrected chi connectivity index (χ2v) is 3.40. The number of fused-ring (bicyclic) bond motifs is 1. The Kier molecular flexibility index (Phi) is 2.84. The van der Waals surface area contributed by atoms with Crippen LogP contribution in [0.1, 0.15) is 17.8 Å². The van der Waals surface area contributed by atoms with Crippen LogP contribution in [0, 0.1) is 0 Å². The number of amidine groups is 1. The first-order chi connectivity index (χ1) is 7.35. The van der Waals surface area contributed by atoms with Gasteiger partial charge in [-0.3, -0.25) is 4.68 Å². The first kappa shape index (κ1) is 9.94. The summed E-state index contributed by atoms with van der Waals surface area (Å²) in [5.41, 5.74) is 4.22. The molecule has 0 aromatic carbocycles. The summed E-state index contributed by atoms with van der Waals surface area (Å²) in [7, 11) is 0. The zero-order chi connectivity index (χ0) is 10.7. The van der Waals surface area contributed by atoms with Gasteiger partial charge in [-0.15, -0.1) is 0 Å². The molecular weight excluding hydrogens is 194 g/mol. The van der Waals surface area contributed by atoms with Gasteiger partial charge in [0, 0.05) is 13.1 Å². The number of hydrogen-bond donors (Lipinski definition) is 4. The zero-order valence-corrected chi connectivity index (χ0v) is 8.40. The fourth-order valence-corrected chi connectivity index (χ4v) is 1.65. The predicted molar refractivity (Wildman–Crippen MR) is 56.6 cm³/mol. The van der Waals surface area contributed by atoms with Crippen LogP contribution in [-0.4, -0.2) is 22.2 Å². The topological polar surface area (TPSA) is 106 Å². The molecule has 0 saturated heterocycles. The molecule has 6 N–H and O–H groups in total. The van der Waals surface area contributed by atoms with Gasteiger partial charge in [-0.1, -0.05) is 0 Å². The summed E-state index contributed by atoms with van der Waals surface area (Å²) in [6.07, 6.45) is 1.07. The van der Waals surface area contributed by atoms with Crippen LogP contribution in [0.15, 0.2) is 11.2 Å². The highest BCUT2D eigenvalue weighted by molar-refractivity contribution is 5.96. The van der Waals surface area contributed by atoms with Crippen LogP contribution in [-0.2, 0) is 13.1 Å². The lowest BCUT2D eigenvalue weighted by molar-refractivity contribution is 0.586. The van der Waals surface area contributed by atoms with Crippen LogP contribution < -0.4 is 22.4 Å². The summed E-state index contributed by atoms with van der Waals surface area (Å²) in [6.45, 7) is 2.74. The lowest BCUT2D eigenvalue weighted by atomic mass is 10.3. The van der Waals surface area contributed by atoms with Crippen molar-refractivity contribution in [1.82, 2.24) is 20.5 Å². The van der Waals surface area contributed by atoms with Crippen LogP contribution in [0.4, 0.5) is 0 Å². The summed E-state index contributed by atoms with van der Waals surface area (Å²) in [6, 6.07) is 1.93. The van der Waals surface area contributed by atoms with Crippen molar-refractivity contribution in [3.05, 3.63) is 17.5 Å². The second-order valence-electron chi connectivity index (χ2n) is 3.40. The van der Waals surface area contributed by atoms with E-state index < -0.39 is 0 Å². The Morgan fingerprint density at radius 3 is 3.27 bits per heavy atom. The molecule has 1 aliphatic rings. The highest BCUT2D eigenvalue weighted by Gasteiger charge is 2.13. The predicted octanol–water partition coefficient (Wildman–Crippen LogP) is -1.54. The summed E-state index contributed by atoms with van der Waals surface area (Å²) in [5, 5.41) is 11.2. The van der Waals surface area contributed by atoms with Gasteiger partial charge in [0.05, 0.1) is 5.69 Å². The number of aromatic nitrogens is 2. The molecule has 1 aliphatic heterocycles. The normalized spacial score (nSPS) is 17.0. The molecule has 2 rings (SSSR count). The molecule has 0 saturated carbocycles. The molecule has 0 atom stereocenters. The van der Waals surface area contributed by atoms with E-state index in [1.54, 1.807) is 0 Å². The van der Waals surface area contributed by atoms with Crippen molar-refractivity contribution in [1.29, 1.82) is 0 Å². The Labute approximate surface area is 87.5 Å². The average molecular weight is 209 g/mol. The molecule has 0 unspecified atom stereocenters. The first-order valence-corrected chi connectivity index (χ1v) is 4.87. The van der Waals surface area contributed by atoms with E-state index in [9.17, 15) is 0 Å². The Morgan fingerprint density at radius 1 is 1.67 bits per heavy atom. The Morgan fingerprint density at radius 2 is 2.53 bits per heavy atom. The maximum absolute atomic E-state index is 5.28. The van der Waals surface area contributed by atoms with E-state index in [1.807, 2.05) is 10.7 Å². The number of hydrogen-bond acceptors (Lipinski definition) is 5. The third-order valence-corrected chi connectivity index (χ3v) is 2.40. The van der Waals surface area contributed by atoms with E-state index in [2.05, 4.69) is 20.9 Å². The zero-order valence-electron chi connectivity index (χ0n) is 8.40. The number of hydrazone groups is 1. The van der Waals surface area contributed by atoms with E-state index in [0.717, 1.165) is 31.7 Å². The molecule has 1 aromatic heterocycles. The Balaban J connectivity index is 2.29. The SMILES string of the molecule is N/N=C(\NN)c1cc2n(n1)CCCNC2. The molecular formula is C8H15N7. The fourth-order valence-electron chi connectivity index (χ4n) is 1.65. The van der Waals surface area contributed by atoms with Crippen molar-refractivity contribution >= 4 is 5.84 Å². The highest BCUT2D eigenvalue weighted by atomic mass is 15.3. The van der Waals surface area contributed by atoms with E-state index in [0.29, 0.717) is 11.5 Å². The van der Waals surface area contributed by atoms with Gasteiger partial charge in [0.15, 0.2) is 5.84 Å². The molecule has 15 heavy (non-hydrogen) atoms. The van der Waals surface area contributed by atoms with Crippen molar-refractivity contribution < 1.29 is 0 Å². The molecule has 82 valence electrons. The minimum atomic E-state index is 0.399. The van der Waals surface area contributed by atoms with Gasteiger partial charge in [-0.2, -0.15) is 10.2 Å². The van der Waals surface area contributed by atoms with Crippen LogP contribution in [0.3, 0.4) is 0 Å². The smallest absolute Gasteiger partial charge is 0.187 e. The molecule has 2 heterocycles. The molecule has 0 radical (unpaired) electrons. The largest absolute Gasteiger partial charge is 0.321 e.